The number of hydrogen-bond acceptors (Lipinski definition) is 4. The van der Waals surface area contributed by atoms with Crippen LogP contribution in [0.5, 0.6) is 0 Å². The Labute approximate surface area is 111 Å². The Morgan fingerprint density at radius 1 is 1.21 bits per heavy atom. The molecular weight excluding hydrogens is 244 g/mol. The van der Waals surface area contributed by atoms with Gasteiger partial charge in [-0.1, -0.05) is 11.6 Å². The van der Waals surface area contributed by atoms with Crippen molar-refractivity contribution in [3.63, 3.8) is 0 Å². The highest BCUT2D eigenvalue weighted by atomic mass is 16.3. The van der Waals surface area contributed by atoms with Crippen LogP contribution in [0.4, 0.5) is 0 Å². The monoisotopic (exact) mass is 262 g/mol. The van der Waals surface area contributed by atoms with Gasteiger partial charge in [-0.25, -0.2) is 0 Å². The van der Waals surface area contributed by atoms with Gasteiger partial charge in [0.2, 0.25) is 0 Å². The number of rotatable bonds is 1. The molecule has 0 saturated heterocycles. The summed E-state index contributed by atoms with van der Waals surface area (Å²) >= 11 is 0. The molecule has 19 heavy (non-hydrogen) atoms. The molecule has 0 aromatic rings. The van der Waals surface area contributed by atoms with E-state index in [2.05, 4.69) is 0 Å². The summed E-state index contributed by atoms with van der Waals surface area (Å²) < 4.78 is 0. The summed E-state index contributed by atoms with van der Waals surface area (Å²) in [6.07, 6.45) is 3.00. The van der Waals surface area contributed by atoms with E-state index in [0.29, 0.717) is 11.1 Å². The molecule has 3 aliphatic carbocycles. The highest BCUT2D eigenvalue weighted by Gasteiger charge is 2.66. The molecule has 1 spiro atoms. The predicted molar refractivity (Wildman–Crippen MR) is 68.3 cm³/mol. The SMILES string of the molecule is CC1=C2C(=O)C(C)(CO)C=C2C(=O)C(C)(O)C12CC2. The van der Waals surface area contributed by atoms with Gasteiger partial charge in [0.15, 0.2) is 11.6 Å². The summed E-state index contributed by atoms with van der Waals surface area (Å²) in [7, 11) is 0. The molecule has 0 amide bonds. The van der Waals surface area contributed by atoms with Crippen LogP contribution in [0.1, 0.15) is 33.6 Å². The molecule has 2 atom stereocenters. The van der Waals surface area contributed by atoms with Gasteiger partial charge in [0.05, 0.1) is 12.0 Å². The molecule has 1 saturated carbocycles. The van der Waals surface area contributed by atoms with Crippen LogP contribution in [-0.4, -0.2) is 34.0 Å². The molecule has 2 N–H and O–H groups in total. The van der Waals surface area contributed by atoms with Crippen molar-refractivity contribution >= 4 is 11.6 Å². The van der Waals surface area contributed by atoms with Crippen LogP contribution < -0.4 is 0 Å². The lowest BCUT2D eigenvalue weighted by Gasteiger charge is -2.38. The van der Waals surface area contributed by atoms with Gasteiger partial charge in [-0.15, -0.1) is 0 Å². The lowest BCUT2D eigenvalue weighted by Crippen LogP contribution is -2.49. The molecule has 3 aliphatic rings. The van der Waals surface area contributed by atoms with Crippen molar-refractivity contribution in [2.45, 2.75) is 39.2 Å². The normalized spacial score (nSPS) is 39.7. The molecule has 1 fully saturated rings. The molecule has 2 unspecified atom stereocenters. The number of hydrogen-bond donors (Lipinski definition) is 2. The highest BCUT2D eigenvalue weighted by Crippen LogP contribution is 2.64. The van der Waals surface area contributed by atoms with Crippen molar-refractivity contribution in [3.8, 4) is 0 Å². The Hall–Kier alpha value is -1.26. The summed E-state index contributed by atoms with van der Waals surface area (Å²) in [4.78, 5) is 25.0. The van der Waals surface area contributed by atoms with Crippen LogP contribution in [0.25, 0.3) is 0 Å². The van der Waals surface area contributed by atoms with Gasteiger partial charge in [-0.2, -0.15) is 0 Å². The maximum absolute atomic E-state index is 12.5. The van der Waals surface area contributed by atoms with Crippen LogP contribution in [0.2, 0.25) is 0 Å². The lowest BCUT2D eigenvalue weighted by molar-refractivity contribution is -0.138. The summed E-state index contributed by atoms with van der Waals surface area (Å²) in [5.41, 5.74) is -1.49. The van der Waals surface area contributed by atoms with E-state index in [9.17, 15) is 19.8 Å². The zero-order chi connectivity index (χ0) is 14.2. The van der Waals surface area contributed by atoms with Crippen LogP contribution >= 0.6 is 0 Å². The first kappa shape index (κ1) is 12.8. The van der Waals surface area contributed by atoms with Crippen LogP contribution in [0.15, 0.2) is 22.8 Å². The number of aliphatic hydroxyl groups is 2. The maximum atomic E-state index is 12.5. The van der Waals surface area contributed by atoms with Gasteiger partial charge in [-0.05, 0) is 33.6 Å². The fourth-order valence-electron chi connectivity index (χ4n) is 3.60. The number of carbonyl (C=O) groups excluding carboxylic acids is 2. The number of carbonyl (C=O) groups is 2. The molecule has 3 rings (SSSR count). The second kappa shape index (κ2) is 3.25. The number of allylic oxidation sites excluding steroid dienone is 1. The predicted octanol–water partition coefficient (Wildman–Crippen LogP) is 0.924. The van der Waals surface area contributed by atoms with Crippen molar-refractivity contribution in [2.75, 3.05) is 6.61 Å². The van der Waals surface area contributed by atoms with E-state index in [1.165, 1.54) is 6.08 Å². The van der Waals surface area contributed by atoms with Gasteiger partial charge in [0, 0.05) is 16.6 Å². The van der Waals surface area contributed by atoms with Crippen LogP contribution in [-0.2, 0) is 9.59 Å². The first-order valence-corrected chi connectivity index (χ1v) is 6.59. The third kappa shape index (κ3) is 1.21. The lowest BCUT2D eigenvalue weighted by atomic mass is 9.68. The summed E-state index contributed by atoms with van der Waals surface area (Å²) in [6, 6.07) is 0. The standard InChI is InChI=1S/C15H18O4/c1-8-10-9(6-13(2,7-16)12(10)18)11(17)14(3,19)15(8)4-5-15/h6,16,19H,4-5,7H2,1-3H3. The third-order valence-corrected chi connectivity index (χ3v) is 5.27. The molecule has 0 aromatic heterocycles. The van der Waals surface area contributed by atoms with E-state index in [1.54, 1.807) is 13.8 Å². The first-order valence-electron chi connectivity index (χ1n) is 6.59. The Morgan fingerprint density at radius 3 is 2.26 bits per heavy atom. The second-order valence-electron chi connectivity index (χ2n) is 6.45. The Balaban J connectivity index is 2.28. The largest absolute Gasteiger partial charge is 0.395 e. The second-order valence-corrected chi connectivity index (χ2v) is 6.45. The van der Waals surface area contributed by atoms with Gasteiger partial charge in [0.1, 0.15) is 5.60 Å². The van der Waals surface area contributed by atoms with Crippen molar-refractivity contribution in [1.82, 2.24) is 0 Å². The van der Waals surface area contributed by atoms with Gasteiger partial charge >= 0.3 is 0 Å². The molecule has 0 bridgehead atoms. The van der Waals surface area contributed by atoms with E-state index in [-0.39, 0.29) is 18.2 Å². The molecule has 102 valence electrons. The Bertz CT molecular complexity index is 575. The van der Waals surface area contributed by atoms with E-state index < -0.39 is 16.4 Å². The van der Waals surface area contributed by atoms with E-state index in [1.807, 2.05) is 6.92 Å². The van der Waals surface area contributed by atoms with E-state index >= 15 is 0 Å². The minimum Gasteiger partial charge on any atom is -0.395 e. The Morgan fingerprint density at radius 2 is 1.79 bits per heavy atom. The molecular formula is C15H18O4. The zero-order valence-electron chi connectivity index (χ0n) is 11.4. The van der Waals surface area contributed by atoms with Crippen LogP contribution in [0, 0.1) is 10.8 Å². The number of Topliss-reactive ketones (excluding diaryl/α,β-unsaturated/α-hetero) is 2. The van der Waals surface area contributed by atoms with Crippen molar-refractivity contribution in [1.29, 1.82) is 0 Å². The van der Waals surface area contributed by atoms with E-state index in [4.69, 9.17) is 0 Å². The van der Waals surface area contributed by atoms with Crippen molar-refractivity contribution in [3.05, 3.63) is 22.8 Å². The minimum atomic E-state index is -1.44. The summed E-state index contributed by atoms with van der Waals surface area (Å²) in [5.74, 6) is -0.575. The smallest absolute Gasteiger partial charge is 0.195 e. The fraction of sp³-hybridized carbons (Fsp3) is 0.600. The molecule has 0 radical (unpaired) electrons. The summed E-state index contributed by atoms with van der Waals surface area (Å²) in [6.45, 7) is 4.68. The van der Waals surface area contributed by atoms with Gasteiger partial charge in [-0.3, -0.25) is 9.59 Å². The zero-order valence-corrected chi connectivity index (χ0v) is 11.4. The van der Waals surface area contributed by atoms with Gasteiger partial charge in [0.25, 0.3) is 0 Å². The molecule has 0 heterocycles. The minimum absolute atomic E-state index is 0.197. The average molecular weight is 262 g/mol. The molecule has 0 aromatic carbocycles. The van der Waals surface area contributed by atoms with Crippen molar-refractivity contribution < 1.29 is 19.8 Å². The molecule has 0 aliphatic heterocycles. The first-order chi connectivity index (χ1) is 8.71. The number of fused-ring (bicyclic) bond motifs is 1. The van der Waals surface area contributed by atoms with Crippen LogP contribution in [0.3, 0.4) is 0 Å². The van der Waals surface area contributed by atoms with Crippen molar-refractivity contribution in [2.24, 2.45) is 10.8 Å². The third-order valence-electron chi connectivity index (χ3n) is 5.27. The number of ketones is 2. The van der Waals surface area contributed by atoms with E-state index in [0.717, 1.165) is 18.4 Å². The number of aliphatic hydroxyl groups excluding tert-OH is 1. The average Bonchev–Trinajstić information content (AvgIpc) is 3.12. The quantitative estimate of drug-likeness (QED) is 0.737. The fourth-order valence-corrected chi connectivity index (χ4v) is 3.60. The summed E-state index contributed by atoms with van der Waals surface area (Å²) in [5, 5.41) is 20.0. The molecule has 4 nitrogen and oxygen atoms in total. The maximum Gasteiger partial charge on any atom is 0.195 e. The van der Waals surface area contributed by atoms with Gasteiger partial charge < -0.3 is 10.2 Å². The Kier molecular flexibility index (Phi) is 2.18. The highest BCUT2D eigenvalue weighted by molar-refractivity contribution is 6.23. The molecule has 4 heteroatoms. The topological polar surface area (TPSA) is 74.6 Å².